The van der Waals surface area contributed by atoms with Crippen molar-refractivity contribution in [3.05, 3.63) is 5.21 Å². The number of quaternary nitrogens is 1. The fourth-order valence-electron chi connectivity index (χ4n) is 0.997. The molecular weight excluding hydrogens is 283 g/mol. The maximum absolute atomic E-state index is 11.0. The first-order valence-corrected chi connectivity index (χ1v) is 6.07. The van der Waals surface area contributed by atoms with Gasteiger partial charge in [0.15, 0.2) is 0 Å². The lowest BCUT2D eigenvalue weighted by atomic mass is 10.2. The van der Waals surface area contributed by atoms with Crippen LogP contribution in [0.15, 0.2) is 0 Å². The summed E-state index contributed by atoms with van der Waals surface area (Å²) < 4.78 is 0.305. The summed E-state index contributed by atoms with van der Waals surface area (Å²) in [6.45, 7) is 1.12. The Morgan fingerprint density at radius 1 is 1.31 bits per heavy atom. The molecule has 5 heteroatoms. The van der Waals surface area contributed by atoms with Gasteiger partial charge in [0.05, 0.1) is 6.54 Å². The molecule has 0 aliphatic carbocycles. The van der Waals surface area contributed by atoms with E-state index in [2.05, 4.69) is 0 Å². The van der Waals surface area contributed by atoms with Crippen molar-refractivity contribution in [2.24, 2.45) is 5.73 Å². The van der Waals surface area contributed by atoms with Gasteiger partial charge in [-0.1, -0.05) is 29.0 Å². The molecule has 0 aliphatic rings. The zero-order chi connectivity index (χ0) is 10.1. The lowest BCUT2D eigenvalue weighted by Gasteiger charge is -2.18. The number of unbranched alkanes of at least 4 members (excludes halogenated alkanes) is 3. The van der Waals surface area contributed by atoms with Crippen molar-refractivity contribution >= 4 is 28.5 Å². The second-order valence-electron chi connectivity index (χ2n) is 2.93. The van der Waals surface area contributed by atoms with Crippen molar-refractivity contribution in [2.75, 3.05) is 17.5 Å². The molecule has 0 heterocycles. The number of carbonyl (C=O) groups excluding carboxylic acids is 1. The Labute approximate surface area is 92.6 Å². The molecule has 0 saturated carbocycles. The Morgan fingerprint density at radius 2 is 1.92 bits per heavy atom. The molecule has 0 aromatic rings. The molecule has 1 amide bonds. The van der Waals surface area contributed by atoms with Gasteiger partial charge in [0.25, 0.3) is 0 Å². The average molecular weight is 300 g/mol. The lowest BCUT2D eigenvalue weighted by Crippen LogP contribution is -3.10. The lowest BCUT2D eigenvalue weighted by molar-refractivity contribution is -0.764. The third-order valence-corrected chi connectivity index (χ3v) is 2.48. The molecule has 13 heavy (non-hydrogen) atoms. The summed E-state index contributed by atoms with van der Waals surface area (Å²) in [7, 11) is 0. The van der Waals surface area contributed by atoms with Crippen molar-refractivity contribution in [3.8, 4) is 0 Å². The zero-order valence-electron chi connectivity index (χ0n) is 7.72. The minimum atomic E-state index is -0.251. The molecule has 0 aliphatic heterocycles. The van der Waals surface area contributed by atoms with Gasteiger partial charge in [-0.3, -0.25) is 0 Å². The summed E-state index contributed by atoms with van der Waals surface area (Å²) in [5.41, 5.74) is 5.32. The third-order valence-electron chi connectivity index (χ3n) is 1.79. The van der Waals surface area contributed by atoms with Crippen molar-refractivity contribution in [3.63, 3.8) is 0 Å². The molecule has 3 N–H and O–H groups in total. The van der Waals surface area contributed by atoms with Crippen LogP contribution in [-0.2, 0) is 4.79 Å². The fourth-order valence-corrected chi connectivity index (χ4v) is 1.42. The summed E-state index contributed by atoms with van der Waals surface area (Å²) in [5, 5.41) is 10.8. The van der Waals surface area contributed by atoms with Crippen LogP contribution in [0.2, 0.25) is 0 Å². The topological polar surface area (TPSA) is 70.6 Å². The summed E-state index contributed by atoms with van der Waals surface area (Å²) >= 11 is 1.92. The second-order valence-corrected chi connectivity index (χ2v) is 3.70. The highest BCUT2D eigenvalue weighted by Crippen LogP contribution is 1.95. The molecule has 1 unspecified atom stereocenters. The molecule has 0 radical (unpaired) electrons. The van der Waals surface area contributed by atoms with Gasteiger partial charge in [-0.25, -0.2) is 4.79 Å². The van der Waals surface area contributed by atoms with Crippen molar-refractivity contribution in [1.29, 1.82) is 0 Å². The molecule has 0 saturated heterocycles. The van der Waals surface area contributed by atoms with Gasteiger partial charge in [0, 0.05) is 0 Å². The van der Waals surface area contributed by atoms with Crippen LogP contribution >= 0.6 is 22.6 Å². The maximum atomic E-state index is 11.0. The Balaban J connectivity index is 3.26. The Kier molecular flexibility index (Phi) is 9.05. The molecule has 4 nitrogen and oxygen atoms in total. The van der Waals surface area contributed by atoms with E-state index in [1.54, 1.807) is 0 Å². The Bertz CT molecular complexity index is 144. The number of hydrogen-bond donors (Lipinski definition) is 2. The number of alkyl halides is 1. The predicted octanol–water partition coefficient (Wildman–Crippen LogP) is -0.150. The zero-order valence-corrected chi connectivity index (χ0v) is 9.88. The third kappa shape index (κ3) is 7.36. The second kappa shape index (κ2) is 8.86. The van der Waals surface area contributed by atoms with E-state index in [1.165, 1.54) is 0 Å². The summed E-state index contributed by atoms with van der Waals surface area (Å²) in [6, 6.07) is 0. The Morgan fingerprint density at radius 3 is 2.46 bits per heavy atom. The fraction of sp³-hybridized carbons (Fsp3) is 0.875. The summed E-state index contributed by atoms with van der Waals surface area (Å²) in [5.74, 6) is -0.251. The minimum Gasteiger partial charge on any atom is -0.627 e. The monoisotopic (exact) mass is 300 g/mol. The standard InChI is InChI=1S/C8H17IN2O2/c9-7-8(12)11(13)6-4-2-1-3-5-10/h11H,1-7,10H2. The number of nitrogens with one attached hydrogen (secondary N) is 1. The van der Waals surface area contributed by atoms with Gasteiger partial charge in [0.1, 0.15) is 4.43 Å². The molecule has 0 fully saturated rings. The highest BCUT2D eigenvalue weighted by atomic mass is 127. The van der Waals surface area contributed by atoms with Crippen LogP contribution in [0.4, 0.5) is 0 Å². The van der Waals surface area contributed by atoms with Crippen molar-refractivity contribution in [2.45, 2.75) is 25.7 Å². The molecule has 0 aromatic carbocycles. The van der Waals surface area contributed by atoms with Crippen LogP contribution in [-0.4, -0.2) is 23.4 Å². The molecule has 1 atom stereocenters. The van der Waals surface area contributed by atoms with E-state index in [1.807, 2.05) is 22.6 Å². The SMILES string of the molecule is NCCCCCC[NH+]([O-])C(=O)CI. The molecule has 0 spiro atoms. The van der Waals surface area contributed by atoms with Crippen LogP contribution in [0.5, 0.6) is 0 Å². The van der Waals surface area contributed by atoms with Crippen LogP contribution in [0.1, 0.15) is 25.7 Å². The van der Waals surface area contributed by atoms with E-state index < -0.39 is 0 Å². The van der Waals surface area contributed by atoms with Gasteiger partial charge in [-0.05, 0) is 25.8 Å². The number of amides is 1. The van der Waals surface area contributed by atoms with E-state index in [4.69, 9.17) is 5.73 Å². The van der Waals surface area contributed by atoms with Gasteiger partial charge in [-0.15, -0.1) is 0 Å². The largest absolute Gasteiger partial charge is 0.627 e. The van der Waals surface area contributed by atoms with Crippen LogP contribution in [0.3, 0.4) is 0 Å². The number of rotatable bonds is 7. The van der Waals surface area contributed by atoms with E-state index in [9.17, 15) is 10.0 Å². The first-order valence-electron chi connectivity index (χ1n) is 4.54. The predicted molar refractivity (Wildman–Crippen MR) is 60.6 cm³/mol. The summed E-state index contributed by atoms with van der Waals surface area (Å²) in [4.78, 5) is 10.9. The van der Waals surface area contributed by atoms with Crippen LogP contribution in [0.25, 0.3) is 0 Å². The van der Waals surface area contributed by atoms with E-state index in [0.717, 1.165) is 25.7 Å². The number of nitrogens with two attached hydrogens (primary N) is 1. The van der Waals surface area contributed by atoms with E-state index in [0.29, 0.717) is 17.5 Å². The van der Waals surface area contributed by atoms with Crippen LogP contribution < -0.4 is 10.8 Å². The Hall–Kier alpha value is 0.280. The molecule has 78 valence electrons. The smallest absolute Gasteiger partial charge is 0.321 e. The van der Waals surface area contributed by atoms with E-state index in [-0.39, 0.29) is 11.0 Å². The highest BCUT2D eigenvalue weighted by Gasteiger charge is 2.07. The first-order chi connectivity index (χ1) is 6.22. The van der Waals surface area contributed by atoms with Gasteiger partial charge in [0.2, 0.25) is 0 Å². The van der Waals surface area contributed by atoms with E-state index >= 15 is 0 Å². The summed E-state index contributed by atoms with van der Waals surface area (Å²) in [6.07, 6.45) is 3.88. The van der Waals surface area contributed by atoms with Crippen LogP contribution in [0, 0.1) is 5.21 Å². The number of carbonyl (C=O) groups is 1. The minimum absolute atomic E-state index is 0.220. The number of hydroxylamine groups is 2. The molecular formula is C8H17IN2O2. The molecule has 0 bridgehead atoms. The van der Waals surface area contributed by atoms with Gasteiger partial charge in [-0.2, -0.15) is 0 Å². The quantitative estimate of drug-likeness (QED) is 0.297. The van der Waals surface area contributed by atoms with Crippen molar-refractivity contribution in [1.82, 2.24) is 0 Å². The van der Waals surface area contributed by atoms with Gasteiger partial charge >= 0.3 is 5.91 Å². The number of halogens is 1. The first kappa shape index (κ1) is 13.3. The normalized spacial score (nSPS) is 12.8. The number of hydrogen-bond acceptors (Lipinski definition) is 3. The molecule has 0 aromatic heterocycles. The maximum Gasteiger partial charge on any atom is 0.321 e. The highest BCUT2D eigenvalue weighted by molar-refractivity contribution is 14.1. The van der Waals surface area contributed by atoms with Crippen molar-refractivity contribution < 1.29 is 9.86 Å². The van der Waals surface area contributed by atoms with Gasteiger partial charge < -0.3 is 16.0 Å². The molecule has 0 rings (SSSR count). The average Bonchev–Trinajstić information content (AvgIpc) is 2.16.